The van der Waals surface area contributed by atoms with Crippen molar-refractivity contribution in [2.24, 2.45) is 0 Å². The minimum atomic E-state index is -4.95. The second-order valence-corrected chi connectivity index (χ2v) is 10.5. The maximum absolute atomic E-state index is 13.2. The Labute approximate surface area is 215 Å². The van der Waals surface area contributed by atoms with Gasteiger partial charge in [-0.15, -0.1) is 11.3 Å². The van der Waals surface area contributed by atoms with E-state index in [2.05, 4.69) is 0 Å². The Kier molecular flexibility index (Phi) is 8.53. The molecule has 1 aromatic carbocycles. The SMILES string of the molecule is CN(CCCN1C(=O)C(=Cc2cc(-c3cc(C(F)(F)F)cc(C(F)(F)F)c3)cs2)SC1=S)CC(=O)O. The van der Waals surface area contributed by atoms with Crippen LogP contribution in [0.4, 0.5) is 26.3 Å². The summed E-state index contributed by atoms with van der Waals surface area (Å²) in [7, 11) is 1.63. The van der Waals surface area contributed by atoms with Crippen LogP contribution in [0.2, 0.25) is 0 Å². The summed E-state index contributed by atoms with van der Waals surface area (Å²) in [5.41, 5.74) is -2.91. The third kappa shape index (κ3) is 7.08. The normalized spacial score (nSPS) is 16.0. The number of carbonyl (C=O) groups is 2. The van der Waals surface area contributed by atoms with Crippen LogP contribution in [0.5, 0.6) is 0 Å². The van der Waals surface area contributed by atoms with E-state index in [1.54, 1.807) is 11.9 Å². The summed E-state index contributed by atoms with van der Waals surface area (Å²) >= 11 is 7.34. The van der Waals surface area contributed by atoms with Gasteiger partial charge in [0.05, 0.1) is 22.6 Å². The molecule has 1 amide bonds. The summed E-state index contributed by atoms with van der Waals surface area (Å²) in [4.78, 5) is 27.2. The number of halogens is 6. The quantitative estimate of drug-likeness (QED) is 0.237. The Bertz CT molecular complexity index is 1170. The molecule has 14 heteroatoms. The van der Waals surface area contributed by atoms with E-state index in [1.165, 1.54) is 22.4 Å². The number of hydrogen-bond acceptors (Lipinski definition) is 6. The lowest BCUT2D eigenvalue weighted by atomic mass is 10.0. The number of thiophene rings is 1. The highest BCUT2D eigenvalue weighted by molar-refractivity contribution is 8.26. The van der Waals surface area contributed by atoms with Gasteiger partial charge >= 0.3 is 18.3 Å². The molecule has 36 heavy (non-hydrogen) atoms. The van der Waals surface area contributed by atoms with Gasteiger partial charge in [-0.25, -0.2) is 0 Å². The van der Waals surface area contributed by atoms with E-state index in [1.807, 2.05) is 0 Å². The van der Waals surface area contributed by atoms with Crippen molar-refractivity contribution in [3.05, 3.63) is 50.6 Å². The summed E-state index contributed by atoms with van der Waals surface area (Å²) in [5.74, 6) is -1.35. The standard InChI is InChI=1S/C22H18F6N2O3S3/c1-29(10-18(31)32)3-2-4-30-19(33)17(36-20(30)34)9-16-7-13(11-35-16)12-5-14(21(23,24)25)8-15(6-12)22(26,27)28/h5-9,11H,2-4,10H2,1H3,(H,31,32). The number of aliphatic carboxylic acids is 1. The molecule has 0 aliphatic carbocycles. The fourth-order valence-corrected chi connectivity index (χ4v) is 5.55. The number of benzene rings is 1. The Morgan fingerprint density at radius 1 is 1.08 bits per heavy atom. The molecule has 0 spiro atoms. The third-order valence-electron chi connectivity index (χ3n) is 5.01. The maximum Gasteiger partial charge on any atom is 0.416 e. The molecule has 0 radical (unpaired) electrons. The topological polar surface area (TPSA) is 60.9 Å². The van der Waals surface area contributed by atoms with E-state index >= 15 is 0 Å². The van der Waals surface area contributed by atoms with Crippen LogP contribution in [0.15, 0.2) is 34.6 Å². The van der Waals surface area contributed by atoms with Crippen molar-refractivity contribution in [1.29, 1.82) is 0 Å². The van der Waals surface area contributed by atoms with Gasteiger partial charge in [0, 0.05) is 18.0 Å². The van der Waals surface area contributed by atoms with Crippen molar-refractivity contribution in [2.45, 2.75) is 18.8 Å². The van der Waals surface area contributed by atoms with Crippen molar-refractivity contribution < 1.29 is 41.0 Å². The van der Waals surface area contributed by atoms with Gasteiger partial charge in [0.25, 0.3) is 5.91 Å². The van der Waals surface area contributed by atoms with Crippen LogP contribution in [-0.4, -0.2) is 57.8 Å². The van der Waals surface area contributed by atoms with Gasteiger partial charge in [-0.2, -0.15) is 26.3 Å². The predicted molar refractivity (Wildman–Crippen MR) is 129 cm³/mol. The first-order valence-electron chi connectivity index (χ1n) is 10.2. The highest BCUT2D eigenvalue weighted by Crippen LogP contribution is 2.40. The van der Waals surface area contributed by atoms with Crippen molar-refractivity contribution >= 4 is 57.6 Å². The molecule has 0 atom stereocenters. The monoisotopic (exact) mass is 568 g/mol. The number of hydrogen-bond donors (Lipinski definition) is 1. The molecule has 1 fully saturated rings. The average Bonchev–Trinajstić information content (AvgIpc) is 3.32. The largest absolute Gasteiger partial charge is 0.480 e. The fraction of sp³-hybridized carbons (Fsp3) is 0.318. The van der Waals surface area contributed by atoms with E-state index < -0.39 is 29.4 Å². The van der Waals surface area contributed by atoms with Gasteiger partial charge < -0.3 is 5.11 Å². The number of likely N-dealkylation sites (N-methyl/N-ethyl adjacent to an activating group) is 1. The number of thioether (sulfide) groups is 1. The fourth-order valence-electron chi connectivity index (χ4n) is 3.33. The molecule has 1 aliphatic rings. The molecular formula is C22H18F6N2O3S3. The van der Waals surface area contributed by atoms with E-state index in [0.717, 1.165) is 23.1 Å². The van der Waals surface area contributed by atoms with E-state index in [9.17, 15) is 35.9 Å². The Balaban J connectivity index is 1.78. The number of alkyl halides is 6. The van der Waals surface area contributed by atoms with Gasteiger partial charge in [0.15, 0.2) is 0 Å². The third-order valence-corrected chi connectivity index (χ3v) is 7.27. The molecule has 0 unspecified atom stereocenters. The molecule has 1 aromatic heterocycles. The highest BCUT2D eigenvalue weighted by atomic mass is 32.2. The summed E-state index contributed by atoms with van der Waals surface area (Å²) in [6, 6.07) is 2.79. The molecular weight excluding hydrogens is 550 g/mol. The van der Waals surface area contributed by atoms with Crippen LogP contribution in [0, 0.1) is 0 Å². The first-order valence-corrected chi connectivity index (χ1v) is 12.3. The zero-order chi connectivity index (χ0) is 26.8. The molecule has 2 heterocycles. The van der Waals surface area contributed by atoms with Crippen LogP contribution in [0.25, 0.3) is 17.2 Å². The summed E-state index contributed by atoms with van der Waals surface area (Å²) in [5, 5.41) is 10.2. The number of carboxylic acid groups (broad SMARTS) is 1. The lowest BCUT2D eigenvalue weighted by Crippen LogP contribution is -2.33. The summed E-state index contributed by atoms with van der Waals surface area (Å²) < 4.78 is 79.3. The number of nitrogens with zero attached hydrogens (tertiary/aromatic N) is 2. The molecule has 0 saturated carbocycles. The molecule has 1 saturated heterocycles. The molecule has 3 rings (SSSR count). The molecule has 2 aromatic rings. The van der Waals surface area contributed by atoms with Crippen molar-refractivity contribution in [2.75, 3.05) is 26.7 Å². The molecule has 0 bridgehead atoms. The number of thiocarbonyl (C=S) groups is 1. The van der Waals surface area contributed by atoms with Gasteiger partial charge in [-0.3, -0.25) is 19.4 Å². The van der Waals surface area contributed by atoms with Crippen LogP contribution < -0.4 is 0 Å². The highest BCUT2D eigenvalue weighted by Gasteiger charge is 2.37. The van der Waals surface area contributed by atoms with Crippen molar-refractivity contribution in [1.82, 2.24) is 9.80 Å². The van der Waals surface area contributed by atoms with Crippen molar-refractivity contribution in [3.63, 3.8) is 0 Å². The number of carboxylic acids is 1. The molecule has 1 N–H and O–H groups in total. The van der Waals surface area contributed by atoms with E-state index in [-0.39, 0.29) is 41.1 Å². The van der Waals surface area contributed by atoms with Crippen LogP contribution in [0.3, 0.4) is 0 Å². The predicted octanol–water partition coefficient (Wildman–Crippen LogP) is 6.06. The van der Waals surface area contributed by atoms with Gasteiger partial charge in [-0.1, -0.05) is 24.0 Å². The van der Waals surface area contributed by atoms with Gasteiger partial charge in [-0.05, 0) is 60.3 Å². The second kappa shape index (κ2) is 10.9. The Morgan fingerprint density at radius 3 is 2.25 bits per heavy atom. The lowest BCUT2D eigenvalue weighted by molar-refractivity contribution is -0.143. The minimum Gasteiger partial charge on any atom is -0.480 e. The first kappa shape index (κ1) is 28.2. The minimum absolute atomic E-state index is 0.0710. The Hall–Kier alpha value is -2.42. The smallest absolute Gasteiger partial charge is 0.416 e. The van der Waals surface area contributed by atoms with Crippen LogP contribution in [0.1, 0.15) is 22.4 Å². The summed E-state index contributed by atoms with van der Waals surface area (Å²) in [6.07, 6.45) is -7.94. The molecule has 194 valence electrons. The van der Waals surface area contributed by atoms with Crippen LogP contribution in [-0.2, 0) is 21.9 Å². The van der Waals surface area contributed by atoms with Crippen LogP contribution >= 0.6 is 35.3 Å². The number of rotatable bonds is 8. The number of carbonyl (C=O) groups excluding carboxylic acids is 1. The average molecular weight is 569 g/mol. The zero-order valence-corrected chi connectivity index (χ0v) is 20.9. The molecule has 5 nitrogen and oxygen atoms in total. The van der Waals surface area contributed by atoms with Gasteiger partial charge in [0.1, 0.15) is 4.32 Å². The van der Waals surface area contributed by atoms with E-state index in [4.69, 9.17) is 17.3 Å². The van der Waals surface area contributed by atoms with Crippen molar-refractivity contribution in [3.8, 4) is 11.1 Å². The second-order valence-electron chi connectivity index (χ2n) is 7.85. The first-order chi connectivity index (χ1) is 16.6. The Morgan fingerprint density at radius 2 is 1.69 bits per heavy atom. The number of amides is 1. The summed E-state index contributed by atoms with van der Waals surface area (Å²) in [6.45, 7) is 0.551. The lowest BCUT2D eigenvalue weighted by Gasteiger charge is -2.17. The van der Waals surface area contributed by atoms with E-state index in [0.29, 0.717) is 34.3 Å². The molecule has 1 aliphatic heterocycles. The van der Waals surface area contributed by atoms with Gasteiger partial charge in [0.2, 0.25) is 0 Å². The maximum atomic E-state index is 13.2. The zero-order valence-electron chi connectivity index (χ0n) is 18.4.